The summed E-state index contributed by atoms with van der Waals surface area (Å²) < 4.78 is 15.5. The number of nitrogens with zero attached hydrogens (tertiary/aromatic N) is 4. The molecule has 0 aliphatic carbocycles. The van der Waals surface area contributed by atoms with E-state index in [0.29, 0.717) is 11.2 Å². The van der Waals surface area contributed by atoms with Gasteiger partial charge in [-0.3, -0.25) is 4.98 Å². The fourth-order valence-corrected chi connectivity index (χ4v) is 2.17. The summed E-state index contributed by atoms with van der Waals surface area (Å²) in [6.45, 7) is 0. The molecule has 0 radical (unpaired) electrons. The SMILES string of the molecule is N#Cc1ncn2cc(-c3c(F)ccc(N)c3Cl)ncc12. The molecule has 0 unspecified atom stereocenters. The molecule has 2 N–H and O–H groups in total. The number of rotatable bonds is 1. The molecule has 0 bridgehead atoms. The second kappa shape index (κ2) is 4.47. The van der Waals surface area contributed by atoms with E-state index in [2.05, 4.69) is 9.97 Å². The van der Waals surface area contributed by atoms with Gasteiger partial charge < -0.3 is 10.1 Å². The molecule has 20 heavy (non-hydrogen) atoms. The van der Waals surface area contributed by atoms with Crippen molar-refractivity contribution in [2.45, 2.75) is 0 Å². The predicted molar refractivity (Wildman–Crippen MR) is 72.5 cm³/mol. The van der Waals surface area contributed by atoms with Crippen LogP contribution in [0.5, 0.6) is 0 Å². The Labute approximate surface area is 118 Å². The van der Waals surface area contributed by atoms with E-state index in [9.17, 15) is 4.39 Å². The smallest absolute Gasteiger partial charge is 0.167 e. The lowest BCUT2D eigenvalue weighted by atomic mass is 10.1. The van der Waals surface area contributed by atoms with E-state index in [1.54, 1.807) is 10.6 Å². The van der Waals surface area contributed by atoms with Gasteiger partial charge in [0.2, 0.25) is 0 Å². The first-order valence-electron chi connectivity index (χ1n) is 5.58. The maximum absolute atomic E-state index is 13.9. The van der Waals surface area contributed by atoms with Gasteiger partial charge in [-0.2, -0.15) is 5.26 Å². The van der Waals surface area contributed by atoms with Gasteiger partial charge in [0, 0.05) is 6.20 Å². The van der Waals surface area contributed by atoms with E-state index in [-0.39, 0.29) is 22.0 Å². The van der Waals surface area contributed by atoms with Crippen molar-refractivity contribution in [2.75, 3.05) is 5.73 Å². The van der Waals surface area contributed by atoms with Gasteiger partial charge in [-0.05, 0) is 12.1 Å². The van der Waals surface area contributed by atoms with Gasteiger partial charge in [-0.15, -0.1) is 0 Å². The lowest BCUT2D eigenvalue weighted by Gasteiger charge is -2.08. The monoisotopic (exact) mass is 287 g/mol. The Balaban J connectivity index is 2.26. The molecule has 0 aliphatic rings. The summed E-state index contributed by atoms with van der Waals surface area (Å²) in [5, 5.41) is 8.99. The average molecular weight is 288 g/mol. The highest BCUT2D eigenvalue weighted by atomic mass is 35.5. The molecular formula is C13H7ClFN5. The number of hydrogen-bond donors (Lipinski definition) is 1. The van der Waals surface area contributed by atoms with Gasteiger partial charge in [0.25, 0.3) is 0 Å². The van der Waals surface area contributed by atoms with Gasteiger partial charge in [0.1, 0.15) is 23.7 Å². The van der Waals surface area contributed by atoms with E-state index in [1.807, 2.05) is 6.07 Å². The summed E-state index contributed by atoms with van der Waals surface area (Å²) in [6, 6.07) is 4.58. The first-order chi connectivity index (χ1) is 9.61. The van der Waals surface area contributed by atoms with Gasteiger partial charge in [0.05, 0.1) is 28.2 Å². The molecule has 1 aromatic carbocycles. The summed E-state index contributed by atoms with van der Waals surface area (Å²) in [5.41, 5.74) is 7.18. The topological polar surface area (TPSA) is 80.0 Å². The minimum absolute atomic E-state index is 0.109. The minimum atomic E-state index is -0.517. The Morgan fingerprint density at radius 3 is 2.90 bits per heavy atom. The van der Waals surface area contributed by atoms with Crippen LogP contribution in [0.3, 0.4) is 0 Å². The second-order valence-electron chi connectivity index (χ2n) is 4.10. The Bertz CT molecular complexity index is 865. The van der Waals surface area contributed by atoms with Gasteiger partial charge >= 0.3 is 0 Å². The summed E-state index contributed by atoms with van der Waals surface area (Å²) in [4.78, 5) is 8.05. The zero-order chi connectivity index (χ0) is 14.3. The van der Waals surface area contributed by atoms with Crippen molar-refractivity contribution in [3.8, 4) is 17.3 Å². The van der Waals surface area contributed by atoms with Crippen molar-refractivity contribution < 1.29 is 4.39 Å². The third kappa shape index (κ3) is 1.76. The standard InChI is InChI=1S/C13H7ClFN5/c14-13-8(17)2-1-7(15)12(13)10-5-20-6-19-9(3-16)11(20)4-18-10/h1-2,4-6H,17H2. The van der Waals surface area contributed by atoms with Crippen LogP contribution in [0.15, 0.2) is 30.9 Å². The highest BCUT2D eigenvalue weighted by Gasteiger charge is 2.15. The average Bonchev–Trinajstić information content (AvgIpc) is 2.86. The number of nitriles is 1. The first-order valence-corrected chi connectivity index (χ1v) is 5.96. The summed E-state index contributed by atoms with van der Waals surface area (Å²) >= 11 is 6.03. The fourth-order valence-electron chi connectivity index (χ4n) is 1.92. The predicted octanol–water partition coefficient (Wildman–Crippen LogP) is 2.64. The van der Waals surface area contributed by atoms with Crippen LogP contribution in [-0.4, -0.2) is 14.4 Å². The van der Waals surface area contributed by atoms with Crippen LogP contribution in [0.25, 0.3) is 16.8 Å². The Kier molecular flexibility index (Phi) is 2.77. The van der Waals surface area contributed by atoms with E-state index >= 15 is 0 Å². The lowest BCUT2D eigenvalue weighted by Crippen LogP contribution is -1.96. The molecule has 0 spiro atoms. The minimum Gasteiger partial charge on any atom is -0.398 e. The highest BCUT2D eigenvalue weighted by Crippen LogP contribution is 2.33. The molecule has 98 valence electrons. The van der Waals surface area contributed by atoms with Gasteiger partial charge in [0.15, 0.2) is 5.69 Å². The quantitative estimate of drug-likeness (QED) is 0.698. The Hall–Kier alpha value is -2.65. The third-order valence-electron chi connectivity index (χ3n) is 2.90. The number of imidazole rings is 1. The number of hydrogen-bond acceptors (Lipinski definition) is 4. The Morgan fingerprint density at radius 1 is 1.35 bits per heavy atom. The highest BCUT2D eigenvalue weighted by molar-refractivity contribution is 6.35. The number of benzene rings is 1. The third-order valence-corrected chi connectivity index (χ3v) is 3.31. The number of fused-ring (bicyclic) bond motifs is 1. The molecule has 0 aliphatic heterocycles. The molecule has 7 heteroatoms. The van der Waals surface area contributed by atoms with Crippen LogP contribution in [0.2, 0.25) is 5.02 Å². The molecule has 0 amide bonds. The molecule has 3 rings (SSSR count). The van der Waals surface area contributed by atoms with Crippen molar-refractivity contribution in [1.29, 1.82) is 5.26 Å². The number of anilines is 1. The lowest BCUT2D eigenvalue weighted by molar-refractivity contribution is 0.631. The van der Waals surface area contributed by atoms with Crippen molar-refractivity contribution in [3.05, 3.63) is 47.4 Å². The zero-order valence-electron chi connectivity index (χ0n) is 10.0. The van der Waals surface area contributed by atoms with Crippen LogP contribution in [0, 0.1) is 17.1 Å². The van der Waals surface area contributed by atoms with Crippen LogP contribution in [0.1, 0.15) is 5.69 Å². The molecule has 2 heterocycles. The number of nitrogen functional groups attached to an aromatic ring is 1. The molecule has 2 aromatic heterocycles. The van der Waals surface area contributed by atoms with Crippen molar-refractivity contribution >= 4 is 22.8 Å². The zero-order valence-corrected chi connectivity index (χ0v) is 10.8. The van der Waals surface area contributed by atoms with Gasteiger partial charge in [-0.25, -0.2) is 9.37 Å². The van der Waals surface area contributed by atoms with E-state index in [1.165, 1.54) is 24.7 Å². The summed E-state index contributed by atoms with van der Waals surface area (Å²) in [7, 11) is 0. The van der Waals surface area contributed by atoms with E-state index in [4.69, 9.17) is 22.6 Å². The summed E-state index contributed by atoms with van der Waals surface area (Å²) in [6.07, 6.45) is 4.45. The molecule has 0 saturated heterocycles. The molecule has 3 aromatic rings. The van der Waals surface area contributed by atoms with Crippen molar-refractivity contribution in [1.82, 2.24) is 14.4 Å². The van der Waals surface area contributed by atoms with Crippen LogP contribution in [-0.2, 0) is 0 Å². The first kappa shape index (κ1) is 12.4. The van der Waals surface area contributed by atoms with Crippen LogP contribution >= 0.6 is 11.6 Å². The number of aromatic nitrogens is 3. The van der Waals surface area contributed by atoms with Gasteiger partial charge in [-0.1, -0.05) is 11.6 Å². The molecule has 0 atom stereocenters. The molecule has 0 fully saturated rings. The van der Waals surface area contributed by atoms with Crippen LogP contribution in [0.4, 0.5) is 10.1 Å². The largest absolute Gasteiger partial charge is 0.398 e. The summed E-state index contributed by atoms with van der Waals surface area (Å²) in [5.74, 6) is -0.517. The number of nitrogens with two attached hydrogens (primary N) is 1. The Morgan fingerprint density at radius 2 is 2.15 bits per heavy atom. The van der Waals surface area contributed by atoms with Crippen LogP contribution < -0.4 is 5.73 Å². The molecule has 5 nitrogen and oxygen atoms in total. The van der Waals surface area contributed by atoms with Crippen molar-refractivity contribution in [2.24, 2.45) is 0 Å². The van der Waals surface area contributed by atoms with E-state index < -0.39 is 5.82 Å². The molecule has 0 saturated carbocycles. The molecular weight excluding hydrogens is 281 g/mol. The van der Waals surface area contributed by atoms with E-state index in [0.717, 1.165) is 0 Å². The maximum atomic E-state index is 13.9. The van der Waals surface area contributed by atoms with Crippen molar-refractivity contribution in [3.63, 3.8) is 0 Å². The normalized spacial score (nSPS) is 10.7. The maximum Gasteiger partial charge on any atom is 0.167 e. The second-order valence-corrected chi connectivity index (χ2v) is 4.47. The fraction of sp³-hybridized carbons (Fsp3) is 0. The number of halogens is 2.